The van der Waals surface area contributed by atoms with Crippen LogP contribution >= 0.6 is 0 Å². The summed E-state index contributed by atoms with van der Waals surface area (Å²) < 4.78 is 38.4. The monoisotopic (exact) mass is 328 g/mol. The van der Waals surface area contributed by atoms with E-state index < -0.39 is 30.5 Å². The molecule has 1 unspecified atom stereocenters. The molecule has 1 fully saturated rings. The first-order chi connectivity index (χ1) is 10.8. The molecule has 3 heterocycles. The molecule has 1 aliphatic rings. The average molecular weight is 328 g/mol. The summed E-state index contributed by atoms with van der Waals surface area (Å²) in [6.07, 6.45) is -1.68. The second-order valence-electron chi connectivity index (χ2n) is 5.08. The number of aromatic nitrogens is 4. The minimum Gasteiger partial charge on any atom is -0.333 e. The molecule has 3 rings (SSSR count). The van der Waals surface area contributed by atoms with Crippen molar-refractivity contribution in [2.45, 2.75) is 12.6 Å². The maximum atomic E-state index is 12.3. The first kappa shape index (κ1) is 15.2. The quantitative estimate of drug-likeness (QED) is 0.884. The van der Waals surface area contributed by atoms with Gasteiger partial charge in [0.15, 0.2) is 0 Å². The van der Waals surface area contributed by atoms with Gasteiger partial charge >= 0.3 is 6.18 Å². The highest BCUT2D eigenvalue weighted by Gasteiger charge is 2.40. The van der Waals surface area contributed by atoms with Crippen LogP contribution in [-0.2, 0) is 9.59 Å². The summed E-state index contributed by atoms with van der Waals surface area (Å²) in [5.41, 5.74) is 0. The Morgan fingerprint density at radius 3 is 2.91 bits per heavy atom. The van der Waals surface area contributed by atoms with Gasteiger partial charge in [0.1, 0.15) is 6.54 Å². The number of nitrogens with zero attached hydrogens (tertiary/aromatic N) is 5. The molecule has 23 heavy (non-hydrogen) atoms. The van der Waals surface area contributed by atoms with Crippen LogP contribution in [0.1, 0.15) is 6.42 Å². The number of anilines is 1. The molecule has 1 atom stereocenters. The zero-order valence-corrected chi connectivity index (χ0v) is 11.6. The van der Waals surface area contributed by atoms with Gasteiger partial charge in [-0.25, -0.2) is 9.50 Å². The van der Waals surface area contributed by atoms with Crippen molar-refractivity contribution in [1.29, 1.82) is 0 Å². The second-order valence-corrected chi connectivity index (χ2v) is 5.08. The van der Waals surface area contributed by atoms with Gasteiger partial charge in [0.05, 0.1) is 5.92 Å². The van der Waals surface area contributed by atoms with Gasteiger partial charge in [-0.15, -0.1) is 5.10 Å². The molecule has 1 N–H and O–H groups in total. The van der Waals surface area contributed by atoms with Crippen LogP contribution in [0.3, 0.4) is 0 Å². The van der Waals surface area contributed by atoms with Gasteiger partial charge in [0.25, 0.3) is 11.7 Å². The first-order valence-electron chi connectivity index (χ1n) is 6.64. The summed E-state index contributed by atoms with van der Waals surface area (Å²) in [5, 5.41) is 6.35. The van der Waals surface area contributed by atoms with Gasteiger partial charge < -0.3 is 4.90 Å². The molecule has 1 saturated heterocycles. The summed E-state index contributed by atoms with van der Waals surface area (Å²) in [6, 6.07) is 1.62. The molecule has 0 bridgehead atoms. The highest BCUT2D eigenvalue weighted by atomic mass is 19.4. The van der Waals surface area contributed by atoms with Gasteiger partial charge in [-0.2, -0.15) is 18.2 Å². The van der Waals surface area contributed by atoms with Gasteiger partial charge in [0, 0.05) is 25.4 Å². The van der Waals surface area contributed by atoms with Gasteiger partial charge in [-0.05, 0) is 6.07 Å². The van der Waals surface area contributed by atoms with E-state index in [-0.39, 0.29) is 24.7 Å². The number of likely N-dealkylation sites (tertiary alicyclic amines) is 1. The summed E-state index contributed by atoms with van der Waals surface area (Å²) in [5.74, 6) is -1.92. The lowest BCUT2D eigenvalue weighted by atomic mass is 10.1. The van der Waals surface area contributed by atoms with Crippen molar-refractivity contribution in [2.75, 3.05) is 18.4 Å². The van der Waals surface area contributed by atoms with E-state index in [1.165, 1.54) is 10.7 Å². The predicted octanol–water partition coefficient (Wildman–Crippen LogP) is 0.474. The minimum atomic E-state index is -4.49. The molecule has 11 heteroatoms. The van der Waals surface area contributed by atoms with E-state index in [9.17, 15) is 22.8 Å². The Labute approximate surface area is 127 Å². The van der Waals surface area contributed by atoms with Crippen LogP contribution in [0.2, 0.25) is 0 Å². The highest BCUT2D eigenvalue weighted by Crippen LogP contribution is 2.24. The third kappa shape index (κ3) is 3.38. The summed E-state index contributed by atoms with van der Waals surface area (Å²) in [4.78, 5) is 32.1. The number of hydrogen-bond acceptors (Lipinski definition) is 5. The molecule has 2 aromatic heterocycles. The Bertz CT molecular complexity index is 726. The van der Waals surface area contributed by atoms with E-state index in [2.05, 4.69) is 20.4 Å². The lowest BCUT2D eigenvalue weighted by Gasteiger charge is -2.18. The van der Waals surface area contributed by atoms with E-state index in [0.717, 1.165) is 0 Å². The SMILES string of the molecule is O=C(Nc1nc2ncccn2n1)C1CC(=O)N(CC(F)(F)F)C1. The smallest absolute Gasteiger partial charge is 0.333 e. The molecule has 2 aromatic rings. The predicted molar refractivity (Wildman–Crippen MR) is 70.2 cm³/mol. The van der Waals surface area contributed by atoms with Crippen LogP contribution in [-0.4, -0.2) is 55.6 Å². The zero-order valence-electron chi connectivity index (χ0n) is 11.6. The topological polar surface area (TPSA) is 92.5 Å². The van der Waals surface area contributed by atoms with E-state index in [1.807, 2.05) is 0 Å². The van der Waals surface area contributed by atoms with Gasteiger partial charge in [-0.3, -0.25) is 14.9 Å². The normalized spacial score (nSPS) is 18.7. The van der Waals surface area contributed by atoms with E-state index in [0.29, 0.717) is 4.90 Å². The van der Waals surface area contributed by atoms with E-state index in [1.54, 1.807) is 12.3 Å². The third-order valence-corrected chi connectivity index (χ3v) is 3.31. The molecule has 2 amide bonds. The lowest BCUT2D eigenvalue weighted by molar-refractivity contribution is -0.157. The molecule has 0 aliphatic carbocycles. The molecule has 0 radical (unpaired) electrons. The molecular formula is C12H11F3N6O2. The van der Waals surface area contributed by atoms with Crippen molar-refractivity contribution in [3.63, 3.8) is 0 Å². The van der Waals surface area contributed by atoms with Crippen LogP contribution in [0.4, 0.5) is 19.1 Å². The van der Waals surface area contributed by atoms with E-state index >= 15 is 0 Å². The van der Waals surface area contributed by atoms with Gasteiger partial charge in [0.2, 0.25) is 11.8 Å². The number of carbonyl (C=O) groups excluding carboxylic acids is 2. The molecule has 0 aromatic carbocycles. The summed E-state index contributed by atoms with van der Waals surface area (Å²) in [7, 11) is 0. The number of nitrogens with one attached hydrogen (secondary N) is 1. The van der Waals surface area contributed by atoms with E-state index in [4.69, 9.17) is 0 Å². The lowest BCUT2D eigenvalue weighted by Crippen LogP contribution is -2.36. The number of alkyl halides is 3. The minimum absolute atomic E-state index is 0.0181. The Morgan fingerprint density at radius 2 is 2.22 bits per heavy atom. The molecule has 0 saturated carbocycles. The summed E-state index contributed by atoms with van der Waals surface area (Å²) >= 11 is 0. The third-order valence-electron chi connectivity index (χ3n) is 3.31. The number of amides is 2. The molecular weight excluding hydrogens is 317 g/mol. The van der Waals surface area contributed by atoms with Crippen LogP contribution in [0, 0.1) is 5.92 Å². The maximum Gasteiger partial charge on any atom is 0.406 e. The second kappa shape index (κ2) is 5.48. The Kier molecular flexibility index (Phi) is 3.62. The fourth-order valence-electron chi connectivity index (χ4n) is 2.32. The highest BCUT2D eigenvalue weighted by molar-refractivity contribution is 5.96. The number of hydrogen-bond donors (Lipinski definition) is 1. The number of rotatable bonds is 3. The first-order valence-corrected chi connectivity index (χ1v) is 6.64. The molecule has 1 aliphatic heterocycles. The molecule has 0 spiro atoms. The van der Waals surface area contributed by atoms with Crippen molar-refractivity contribution in [3.8, 4) is 0 Å². The Morgan fingerprint density at radius 1 is 1.43 bits per heavy atom. The zero-order chi connectivity index (χ0) is 16.6. The molecule has 122 valence electrons. The number of carbonyl (C=O) groups is 2. The van der Waals surface area contributed by atoms with Crippen molar-refractivity contribution in [3.05, 3.63) is 18.5 Å². The van der Waals surface area contributed by atoms with Crippen LogP contribution in [0.15, 0.2) is 18.5 Å². The largest absolute Gasteiger partial charge is 0.406 e. The number of halogens is 3. The number of fused-ring (bicyclic) bond motifs is 1. The van der Waals surface area contributed by atoms with Crippen molar-refractivity contribution in [1.82, 2.24) is 24.5 Å². The Hall–Kier alpha value is -2.72. The van der Waals surface area contributed by atoms with Gasteiger partial charge in [-0.1, -0.05) is 0 Å². The van der Waals surface area contributed by atoms with Crippen molar-refractivity contribution in [2.24, 2.45) is 5.92 Å². The average Bonchev–Trinajstić information content (AvgIpc) is 3.00. The summed E-state index contributed by atoms with van der Waals surface area (Å²) in [6.45, 7) is -1.64. The van der Waals surface area contributed by atoms with Crippen LogP contribution < -0.4 is 5.32 Å². The standard InChI is InChI=1S/C12H11F3N6O2/c13-12(14,15)6-20-5-7(4-8(20)22)9(23)17-10-18-11-16-2-1-3-21(11)19-10/h1-3,7H,4-6H2,(H,17,19,23). The van der Waals surface area contributed by atoms with Crippen LogP contribution in [0.25, 0.3) is 5.78 Å². The Balaban J connectivity index is 1.66. The van der Waals surface area contributed by atoms with Crippen molar-refractivity contribution >= 4 is 23.5 Å². The van der Waals surface area contributed by atoms with Crippen molar-refractivity contribution < 1.29 is 22.8 Å². The fraction of sp³-hybridized carbons (Fsp3) is 0.417. The van der Waals surface area contributed by atoms with Crippen LogP contribution in [0.5, 0.6) is 0 Å². The fourth-order valence-corrected chi connectivity index (χ4v) is 2.32. The maximum absolute atomic E-state index is 12.3. The molecule has 8 nitrogen and oxygen atoms in total.